The van der Waals surface area contributed by atoms with Gasteiger partial charge in [0.1, 0.15) is 0 Å². The molecule has 1 saturated heterocycles. The standard InChI is InChI=1S/C14H28N2.C2H6/c1-11(2)12(3)7-9-16(5)13(4)14-6-8-15-10-14;1-2/h11-12,14-15H,4,6-10H2,1-3,5H3;1-2H3. The Kier molecular flexibility index (Phi) is 9.17. The molecule has 2 nitrogen and oxygen atoms in total. The monoisotopic (exact) mass is 254 g/mol. The lowest BCUT2D eigenvalue weighted by atomic mass is 9.94. The maximum Gasteiger partial charge on any atom is 0.0174 e. The fourth-order valence-corrected chi connectivity index (χ4v) is 2.12. The van der Waals surface area contributed by atoms with Gasteiger partial charge in [-0.1, -0.05) is 41.2 Å². The first kappa shape index (κ1) is 17.5. The van der Waals surface area contributed by atoms with Crippen LogP contribution in [0.25, 0.3) is 0 Å². The van der Waals surface area contributed by atoms with Crippen LogP contribution in [0.15, 0.2) is 12.3 Å². The molecule has 1 rings (SSSR count). The molecule has 0 bridgehead atoms. The Bertz CT molecular complexity index is 217. The average Bonchev–Trinajstić information content (AvgIpc) is 2.90. The molecule has 0 saturated carbocycles. The summed E-state index contributed by atoms with van der Waals surface area (Å²) in [5, 5.41) is 3.40. The van der Waals surface area contributed by atoms with Gasteiger partial charge in [-0.2, -0.15) is 0 Å². The van der Waals surface area contributed by atoms with Crippen LogP contribution in [0.2, 0.25) is 0 Å². The highest BCUT2D eigenvalue weighted by molar-refractivity contribution is 5.02. The van der Waals surface area contributed by atoms with Crippen molar-refractivity contribution in [3.63, 3.8) is 0 Å². The van der Waals surface area contributed by atoms with Gasteiger partial charge in [0.25, 0.3) is 0 Å². The zero-order valence-corrected chi connectivity index (χ0v) is 13.4. The van der Waals surface area contributed by atoms with Gasteiger partial charge in [0.05, 0.1) is 0 Å². The summed E-state index contributed by atoms with van der Waals surface area (Å²) in [4.78, 5) is 2.36. The van der Waals surface area contributed by atoms with E-state index in [1.807, 2.05) is 13.8 Å². The molecule has 1 N–H and O–H groups in total. The van der Waals surface area contributed by atoms with Gasteiger partial charge in [-0.25, -0.2) is 0 Å². The zero-order chi connectivity index (χ0) is 14.1. The van der Waals surface area contributed by atoms with Gasteiger partial charge in [0, 0.05) is 31.8 Å². The van der Waals surface area contributed by atoms with E-state index in [0.717, 1.165) is 31.5 Å². The summed E-state index contributed by atoms with van der Waals surface area (Å²) < 4.78 is 0. The Morgan fingerprint density at radius 1 is 1.33 bits per heavy atom. The van der Waals surface area contributed by atoms with E-state index < -0.39 is 0 Å². The molecule has 0 radical (unpaired) electrons. The molecule has 1 aliphatic rings. The second kappa shape index (κ2) is 9.43. The van der Waals surface area contributed by atoms with Gasteiger partial charge in [0.2, 0.25) is 0 Å². The van der Waals surface area contributed by atoms with E-state index in [1.54, 1.807) is 0 Å². The Morgan fingerprint density at radius 3 is 2.39 bits per heavy atom. The quantitative estimate of drug-likeness (QED) is 0.776. The summed E-state index contributed by atoms with van der Waals surface area (Å²) in [6, 6.07) is 0. The summed E-state index contributed by atoms with van der Waals surface area (Å²) in [5.41, 5.74) is 1.32. The third-order valence-corrected chi connectivity index (χ3v) is 4.08. The normalized spacial score (nSPS) is 20.3. The van der Waals surface area contributed by atoms with Crippen molar-refractivity contribution < 1.29 is 0 Å². The predicted octanol–water partition coefficient (Wildman–Crippen LogP) is 3.75. The zero-order valence-electron chi connectivity index (χ0n) is 13.4. The first-order valence-electron chi connectivity index (χ1n) is 7.63. The van der Waals surface area contributed by atoms with Gasteiger partial charge >= 0.3 is 0 Å². The highest BCUT2D eigenvalue weighted by Gasteiger charge is 2.20. The van der Waals surface area contributed by atoms with Crippen molar-refractivity contribution in [3.8, 4) is 0 Å². The number of hydrogen-bond donors (Lipinski definition) is 1. The van der Waals surface area contributed by atoms with Gasteiger partial charge < -0.3 is 10.2 Å². The minimum Gasteiger partial charge on any atom is -0.378 e. The largest absolute Gasteiger partial charge is 0.378 e. The van der Waals surface area contributed by atoms with Crippen LogP contribution in [0.3, 0.4) is 0 Å². The lowest BCUT2D eigenvalue weighted by Gasteiger charge is -2.27. The van der Waals surface area contributed by atoms with E-state index in [4.69, 9.17) is 0 Å². The molecule has 2 atom stereocenters. The summed E-state index contributed by atoms with van der Waals surface area (Å²) in [5.74, 6) is 2.26. The van der Waals surface area contributed by atoms with Crippen molar-refractivity contribution >= 4 is 0 Å². The topological polar surface area (TPSA) is 15.3 Å². The summed E-state index contributed by atoms with van der Waals surface area (Å²) >= 11 is 0. The molecule has 1 aliphatic heterocycles. The maximum absolute atomic E-state index is 4.25. The van der Waals surface area contributed by atoms with Crippen molar-refractivity contribution in [2.24, 2.45) is 17.8 Å². The van der Waals surface area contributed by atoms with Crippen LogP contribution >= 0.6 is 0 Å². The lowest BCUT2D eigenvalue weighted by molar-refractivity contribution is 0.302. The second-order valence-corrected chi connectivity index (χ2v) is 5.61. The summed E-state index contributed by atoms with van der Waals surface area (Å²) in [6.07, 6.45) is 2.52. The lowest BCUT2D eigenvalue weighted by Crippen LogP contribution is -2.26. The van der Waals surface area contributed by atoms with Crippen LogP contribution in [-0.2, 0) is 0 Å². The number of rotatable bonds is 6. The van der Waals surface area contributed by atoms with E-state index >= 15 is 0 Å². The number of nitrogens with zero attached hydrogens (tertiary/aromatic N) is 1. The number of hydrogen-bond acceptors (Lipinski definition) is 2. The molecule has 1 fully saturated rings. The van der Waals surface area contributed by atoms with Gasteiger partial charge in [-0.15, -0.1) is 0 Å². The highest BCUT2D eigenvalue weighted by atomic mass is 15.1. The van der Waals surface area contributed by atoms with Crippen molar-refractivity contribution in [2.45, 2.75) is 47.5 Å². The minimum absolute atomic E-state index is 0.666. The fourth-order valence-electron chi connectivity index (χ4n) is 2.12. The van der Waals surface area contributed by atoms with Gasteiger partial charge in [-0.05, 0) is 31.2 Å². The molecule has 0 aromatic heterocycles. The molecule has 1 heterocycles. The molecule has 0 amide bonds. The minimum atomic E-state index is 0.666. The number of nitrogens with one attached hydrogen (secondary N) is 1. The van der Waals surface area contributed by atoms with E-state index in [0.29, 0.717) is 5.92 Å². The van der Waals surface area contributed by atoms with E-state index in [1.165, 1.54) is 18.5 Å². The van der Waals surface area contributed by atoms with E-state index in [-0.39, 0.29) is 0 Å². The van der Waals surface area contributed by atoms with Crippen molar-refractivity contribution in [1.29, 1.82) is 0 Å². The van der Waals surface area contributed by atoms with Crippen molar-refractivity contribution in [1.82, 2.24) is 10.2 Å². The van der Waals surface area contributed by atoms with E-state index in [2.05, 4.69) is 44.6 Å². The third kappa shape index (κ3) is 5.90. The first-order valence-corrected chi connectivity index (χ1v) is 7.63. The van der Waals surface area contributed by atoms with Gasteiger partial charge in [0.15, 0.2) is 0 Å². The molecular weight excluding hydrogens is 220 g/mol. The Balaban J connectivity index is 0.00000137. The first-order chi connectivity index (χ1) is 8.52. The smallest absolute Gasteiger partial charge is 0.0174 e. The third-order valence-electron chi connectivity index (χ3n) is 4.08. The molecule has 18 heavy (non-hydrogen) atoms. The predicted molar refractivity (Wildman–Crippen MR) is 82.7 cm³/mol. The molecule has 108 valence electrons. The van der Waals surface area contributed by atoms with Crippen LogP contribution in [0, 0.1) is 17.8 Å². The maximum atomic E-state index is 4.25. The van der Waals surface area contributed by atoms with Crippen LogP contribution in [-0.4, -0.2) is 31.6 Å². The Hall–Kier alpha value is -0.500. The molecule has 2 heteroatoms. The van der Waals surface area contributed by atoms with Crippen molar-refractivity contribution in [3.05, 3.63) is 12.3 Å². The van der Waals surface area contributed by atoms with Crippen LogP contribution in [0.1, 0.15) is 47.5 Å². The SMILES string of the molecule is C=C(C1CCNC1)N(C)CCC(C)C(C)C.CC. The van der Waals surface area contributed by atoms with Crippen LogP contribution in [0.5, 0.6) is 0 Å². The Labute approximate surface area is 115 Å². The molecule has 0 spiro atoms. The molecular formula is C16H34N2. The molecule has 0 aromatic carbocycles. The molecule has 0 aromatic rings. The van der Waals surface area contributed by atoms with E-state index in [9.17, 15) is 0 Å². The van der Waals surface area contributed by atoms with Crippen LogP contribution < -0.4 is 5.32 Å². The molecule has 0 aliphatic carbocycles. The highest BCUT2D eigenvalue weighted by Crippen LogP contribution is 2.21. The van der Waals surface area contributed by atoms with Gasteiger partial charge in [-0.3, -0.25) is 0 Å². The summed E-state index contributed by atoms with van der Waals surface area (Å²) in [6.45, 7) is 18.6. The second-order valence-electron chi connectivity index (χ2n) is 5.61. The average molecular weight is 254 g/mol. The fraction of sp³-hybridized carbons (Fsp3) is 0.875. The van der Waals surface area contributed by atoms with Crippen molar-refractivity contribution in [2.75, 3.05) is 26.7 Å². The van der Waals surface area contributed by atoms with Crippen LogP contribution in [0.4, 0.5) is 0 Å². The summed E-state index contributed by atoms with van der Waals surface area (Å²) in [7, 11) is 2.19. The molecule has 2 unspecified atom stereocenters. The Morgan fingerprint density at radius 2 is 1.94 bits per heavy atom.